The van der Waals surface area contributed by atoms with Crippen LogP contribution in [-0.2, 0) is 16.1 Å². The molecule has 2 amide bonds. The molecule has 0 saturated carbocycles. The minimum atomic E-state index is -0.360. The third-order valence-electron chi connectivity index (χ3n) is 4.53. The van der Waals surface area contributed by atoms with Crippen LogP contribution in [0.25, 0.3) is 0 Å². The first kappa shape index (κ1) is 15.9. The first-order valence-corrected chi connectivity index (χ1v) is 8.26. The number of carbonyl (C=O) groups is 2. The SMILES string of the molecule is CC(C)C[C@@H]1NC(=O)[C@H]2CN(Cc3ccncc3)CCN2C1=O. The van der Waals surface area contributed by atoms with E-state index in [2.05, 4.69) is 29.0 Å². The Balaban J connectivity index is 1.65. The molecule has 6 nitrogen and oxygen atoms in total. The van der Waals surface area contributed by atoms with Crippen molar-refractivity contribution in [3.63, 3.8) is 0 Å². The maximum absolute atomic E-state index is 12.6. The van der Waals surface area contributed by atoms with Gasteiger partial charge in [-0.15, -0.1) is 0 Å². The van der Waals surface area contributed by atoms with Gasteiger partial charge in [0.2, 0.25) is 11.8 Å². The summed E-state index contributed by atoms with van der Waals surface area (Å²) in [6, 6.07) is 3.25. The van der Waals surface area contributed by atoms with E-state index in [0.717, 1.165) is 13.1 Å². The van der Waals surface area contributed by atoms with Crippen molar-refractivity contribution in [1.29, 1.82) is 0 Å². The van der Waals surface area contributed by atoms with E-state index >= 15 is 0 Å². The number of piperazine rings is 2. The second kappa shape index (κ2) is 6.66. The van der Waals surface area contributed by atoms with Gasteiger partial charge in [-0.1, -0.05) is 13.8 Å². The lowest BCUT2D eigenvalue weighted by Crippen LogP contribution is -2.69. The Morgan fingerprint density at radius 3 is 2.70 bits per heavy atom. The van der Waals surface area contributed by atoms with Gasteiger partial charge in [0, 0.05) is 38.6 Å². The Labute approximate surface area is 136 Å². The summed E-state index contributed by atoms with van der Waals surface area (Å²) in [5.74, 6) is 0.440. The van der Waals surface area contributed by atoms with Gasteiger partial charge in [0.05, 0.1) is 0 Å². The zero-order valence-corrected chi connectivity index (χ0v) is 13.7. The number of pyridine rings is 1. The van der Waals surface area contributed by atoms with Gasteiger partial charge >= 0.3 is 0 Å². The predicted octanol–water partition coefficient (Wildman–Crippen LogP) is 0.639. The Hall–Kier alpha value is -1.95. The van der Waals surface area contributed by atoms with E-state index in [9.17, 15) is 9.59 Å². The van der Waals surface area contributed by atoms with Gasteiger partial charge in [0.1, 0.15) is 12.1 Å². The quantitative estimate of drug-likeness (QED) is 0.885. The van der Waals surface area contributed by atoms with Crippen LogP contribution < -0.4 is 5.32 Å². The molecular weight excluding hydrogens is 292 g/mol. The average molecular weight is 316 g/mol. The van der Waals surface area contributed by atoms with Crippen molar-refractivity contribution in [3.8, 4) is 0 Å². The van der Waals surface area contributed by atoms with E-state index in [1.54, 1.807) is 17.3 Å². The summed E-state index contributed by atoms with van der Waals surface area (Å²) in [5.41, 5.74) is 1.17. The maximum Gasteiger partial charge on any atom is 0.245 e. The molecule has 2 aliphatic heterocycles. The minimum Gasteiger partial charge on any atom is -0.342 e. The van der Waals surface area contributed by atoms with Crippen molar-refractivity contribution >= 4 is 11.8 Å². The summed E-state index contributed by atoms with van der Waals surface area (Å²) in [7, 11) is 0. The number of nitrogens with one attached hydrogen (secondary N) is 1. The zero-order valence-electron chi connectivity index (χ0n) is 13.7. The van der Waals surface area contributed by atoms with E-state index in [4.69, 9.17) is 0 Å². The molecule has 124 valence electrons. The van der Waals surface area contributed by atoms with Crippen LogP contribution in [0.4, 0.5) is 0 Å². The normalized spacial score (nSPS) is 25.4. The fourth-order valence-corrected chi connectivity index (χ4v) is 3.38. The van der Waals surface area contributed by atoms with Gasteiger partial charge in [-0.2, -0.15) is 0 Å². The highest BCUT2D eigenvalue weighted by molar-refractivity contribution is 5.97. The van der Waals surface area contributed by atoms with Gasteiger partial charge < -0.3 is 10.2 Å². The van der Waals surface area contributed by atoms with Gasteiger partial charge in [-0.3, -0.25) is 19.5 Å². The number of rotatable bonds is 4. The first-order valence-electron chi connectivity index (χ1n) is 8.26. The molecule has 1 aromatic heterocycles. The smallest absolute Gasteiger partial charge is 0.245 e. The third kappa shape index (κ3) is 3.52. The molecule has 2 saturated heterocycles. The van der Waals surface area contributed by atoms with E-state index in [1.807, 2.05) is 12.1 Å². The molecule has 2 fully saturated rings. The lowest BCUT2D eigenvalue weighted by molar-refractivity contribution is -0.153. The Bertz CT molecular complexity index is 575. The van der Waals surface area contributed by atoms with Crippen LogP contribution in [0.15, 0.2) is 24.5 Å². The third-order valence-corrected chi connectivity index (χ3v) is 4.53. The fourth-order valence-electron chi connectivity index (χ4n) is 3.38. The minimum absolute atomic E-state index is 0.0188. The second-order valence-corrected chi connectivity index (χ2v) is 6.83. The highest BCUT2D eigenvalue weighted by Gasteiger charge is 2.43. The molecule has 2 aliphatic rings. The van der Waals surface area contributed by atoms with Crippen LogP contribution in [-0.4, -0.2) is 58.3 Å². The summed E-state index contributed by atoms with van der Waals surface area (Å²) in [5, 5.41) is 2.91. The van der Waals surface area contributed by atoms with Gasteiger partial charge in [-0.25, -0.2) is 0 Å². The van der Waals surface area contributed by atoms with Crippen molar-refractivity contribution < 1.29 is 9.59 Å². The molecule has 0 aromatic carbocycles. The molecule has 2 atom stereocenters. The number of aromatic nitrogens is 1. The monoisotopic (exact) mass is 316 g/mol. The van der Waals surface area contributed by atoms with Crippen LogP contribution >= 0.6 is 0 Å². The van der Waals surface area contributed by atoms with E-state index < -0.39 is 0 Å². The lowest BCUT2D eigenvalue weighted by atomic mass is 9.97. The molecule has 1 aromatic rings. The molecular formula is C17H24N4O2. The summed E-state index contributed by atoms with van der Waals surface area (Å²) >= 11 is 0. The van der Waals surface area contributed by atoms with Crippen molar-refractivity contribution in [3.05, 3.63) is 30.1 Å². The molecule has 0 radical (unpaired) electrons. The summed E-state index contributed by atoms with van der Waals surface area (Å²) in [6.45, 7) is 6.93. The van der Waals surface area contributed by atoms with Crippen LogP contribution in [0.1, 0.15) is 25.8 Å². The zero-order chi connectivity index (χ0) is 16.4. The predicted molar refractivity (Wildman–Crippen MR) is 86.4 cm³/mol. The molecule has 0 unspecified atom stereocenters. The number of nitrogens with zero attached hydrogens (tertiary/aromatic N) is 3. The molecule has 0 bridgehead atoms. The van der Waals surface area contributed by atoms with Crippen LogP contribution in [0.3, 0.4) is 0 Å². The van der Waals surface area contributed by atoms with Crippen molar-refractivity contribution in [1.82, 2.24) is 20.1 Å². The molecule has 0 spiro atoms. The topological polar surface area (TPSA) is 65.5 Å². The van der Waals surface area contributed by atoms with Crippen molar-refractivity contribution in [2.24, 2.45) is 5.92 Å². The summed E-state index contributed by atoms with van der Waals surface area (Å²) < 4.78 is 0. The summed E-state index contributed by atoms with van der Waals surface area (Å²) in [6.07, 6.45) is 4.26. The van der Waals surface area contributed by atoms with Gasteiger partial charge in [-0.05, 0) is 30.0 Å². The number of fused-ring (bicyclic) bond motifs is 1. The largest absolute Gasteiger partial charge is 0.342 e. The first-order chi connectivity index (χ1) is 11.0. The molecule has 6 heteroatoms. The highest BCUT2D eigenvalue weighted by Crippen LogP contribution is 2.20. The van der Waals surface area contributed by atoms with Crippen molar-refractivity contribution in [2.75, 3.05) is 19.6 Å². The van der Waals surface area contributed by atoms with E-state index in [-0.39, 0.29) is 23.9 Å². The lowest BCUT2D eigenvalue weighted by Gasteiger charge is -2.45. The Morgan fingerprint density at radius 2 is 2.00 bits per heavy atom. The number of hydrogen-bond donors (Lipinski definition) is 1. The molecule has 1 N–H and O–H groups in total. The molecule has 3 heterocycles. The fraction of sp³-hybridized carbons (Fsp3) is 0.588. The number of amides is 2. The van der Waals surface area contributed by atoms with Crippen LogP contribution in [0.2, 0.25) is 0 Å². The molecule has 23 heavy (non-hydrogen) atoms. The van der Waals surface area contributed by atoms with Gasteiger partial charge in [0.15, 0.2) is 0 Å². The molecule has 3 rings (SSSR count). The second-order valence-electron chi connectivity index (χ2n) is 6.83. The maximum atomic E-state index is 12.6. The van der Waals surface area contributed by atoms with Crippen LogP contribution in [0, 0.1) is 5.92 Å². The number of carbonyl (C=O) groups excluding carboxylic acids is 2. The highest BCUT2D eigenvalue weighted by atomic mass is 16.2. The van der Waals surface area contributed by atoms with E-state index in [1.165, 1.54) is 5.56 Å². The Kier molecular flexibility index (Phi) is 4.61. The Morgan fingerprint density at radius 1 is 1.26 bits per heavy atom. The molecule has 0 aliphatic carbocycles. The van der Waals surface area contributed by atoms with Crippen LogP contribution in [0.5, 0.6) is 0 Å². The number of hydrogen-bond acceptors (Lipinski definition) is 4. The standard InChI is InChI=1S/C17H24N4O2/c1-12(2)9-14-17(23)21-8-7-20(11-15(21)16(22)19-14)10-13-3-5-18-6-4-13/h3-6,12,14-15H,7-11H2,1-2H3,(H,19,22)/t14-,15+/m0/s1. The van der Waals surface area contributed by atoms with E-state index in [0.29, 0.717) is 25.4 Å². The van der Waals surface area contributed by atoms with Crippen molar-refractivity contribution in [2.45, 2.75) is 38.9 Å². The van der Waals surface area contributed by atoms with Gasteiger partial charge in [0.25, 0.3) is 0 Å². The average Bonchev–Trinajstić information content (AvgIpc) is 2.53. The summed E-state index contributed by atoms with van der Waals surface area (Å²) in [4.78, 5) is 33.0.